The van der Waals surface area contributed by atoms with E-state index >= 15 is 0 Å². The van der Waals surface area contributed by atoms with Gasteiger partial charge in [-0.05, 0) is 26.0 Å². The number of amides is 1. The molecule has 5 nitrogen and oxygen atoms in total. The number of hydrogen-bond donors (Lipinski definition) is 2. The lowest BCUT2D eigenvalue weighted by molar-refractivity contribution is -0.123. The first-order chi connectivity index (χ1) is 9.16. The Kier molecular flexibility index (Phi) is 4.70. The fourth-order valence-corrected chi connectivity index (χ4v) is 2.37. The number of carbonyl (C=O) groups excluding carboxylic acids is 1. The summed E-state index contributed by atoms with van der Waals surface area (Å²) < 4.78 is 5.16. The maximum Gasteiger partial charge on any atom is 0.237 e. The molecule has 2 unspecified atom stereocenters. The van der Waals surface area contributed by atoms with Crippen molar-refractivity contribution in [2.24, 2.45) is 0 Å². The fourth-order valence-electron chi connectivity index (χ4n) is 1.71. The number of furan rings is 1. The van der Waals surface area contributed by atoms with Crippen LogP contribution < -0.4 is 10.6 Å². The lowest BCUT2D eigenvalue weighted by Gasteiger charge is -2.17. The zero-order valence-corrected chi connectivity index (χ0v) is 11.7. The van der Waals surface area contributed by atoms with Crippen LogP contribution >= 0.6 is 11.3 Å². The zero-order valence-electron chi connectivity index (χ0n) is 10.9. The number of nitrogens with zero attached hydrogens (tertiary/aromatic N) is 1. The Morgan fingerprint density at radius 1 is 1.53 bits per heavy atom. The minimum atomic E-state index is -0.283. The van der Waals surface area contributed by atoms with Gasteiger partial charge in [0, 0.05) is 11.6 Å². The van der Waals surface area contributed by atoms with Gasteiger partial charge in [-0.2, -0.15) is 0 Å². The van der Waals surface area contributed by atoms with Crippen molar-refractivity contribution in [2.75, 3.05) is 0 Å². The molecule has 0 aliphatic heterocycles. The minimum absolute atomic E-state index is 0.0557. The molecular formula is C13H17N3O2S. The van der Waals surface area contributed by atoms with Crippen LogP contribution in [-0.2, 0) is 11.3 Å². The second kappa shape index (κ2) is 6.49. The highest BCUT2D eigenvalue weighted by Gasteiger charge is 2.17. The summed E-state index contributed by atoms with van der Waals surface area (Å²) in [6, 6.07) is 3.41. The molecule has 0 aromatic carbocycles. The third-order valence-corrected chi connectivity index (χ3v) is 3.69. The van der Waals surface area contributed by atoms with E-state index in [0.717, 1.165) is 10.8 Å². The summed E-state index contributed by atoms with van der Waals surface area (Å²) in [5.41, 5.74) is 0. The Bertz CT molecular complexity index is 496. The van der Waals surface area contributed by atoms with Crippen LogP contribution in [-0.4, -0.2) is 16.9 Å². The van der Waals surface area contributed by atoms with Crippen LogP contribution in [0.15, 0.2) is 34.4 Å². The van der Waals surface area contributed by atoms with Crippen molar-refractivity contribution >= 4 is 17.2 Å². The predicted molar refractivity (Wildman–Crippen MR) is 73.7 cm³/mol. The topological polar surface area (TPSA) is 67.2 Å². The van der Waals surface area contributed by atoms with Crippen LogP contribution in [0.1, 0.15) is 30.7 Å². The summed E-state index contributed by atoms with van der Waals surface area (Å²) in [6.07, 6.45) is 3.35. The van der Waals surface area contributed by atoms with E-state index in [1.165, 1.54) is 0 Å². The molecule has 0 aliphatic rings. The summed E-state index contributed by atoms with van der Waals surface area (Å²) in [7, 11) is 0. The SMILES string of the molecule is CC(NC(C)c1nccs1)C(=O)NCc1ccco1. The number of aromatic nitrogens is 1. The molecule has 0 saturated heterocycles. The molecule has 102 valence electrons. The molecule has 2 heterocycles. The Hall–Kier alpha value is -1.66. The molecule has 0 spiro atoms. The largest absolute Gasteiger partial charge is 0.467 e. The van der Waals surface area contributed by atoms with E-state index in [0.29, 0.717) is 6.54 Å². The third-order valence-electron chi connectivity index (χ3n) is 2.73. The van der Waals surface area contributed by atoms with Crippen molar-refractivity contribution < 1.29 is 9.21 Å². The maximum atomic E-state index is 11.9. The molecule has 6 heteroatoms. The van der Waals surface area contributed by atoms with E-state index in [1.54, 1.807) is 29.9 Å². The Morgan fingerprint density at radius 3 is 3.00 bits per heavy atom. The van der Waals surface area contributed by atoms with Crippen molar-refractivity contribution in [2.45, 2.75) is 32.5 Å². The second-order valence-corrected chi connectivity index (χ2v) is 5.20. The highest BCUT2D eigenvalue weighted by atomic mass is 32.1. The summed E-state index contributed by atoms with van der Waals surface area (Å²) in [6.45, 7) is 4.24. The molecule has 0 bridgehead atoms. The molecule has 19 heavy (non-hydrogen) atoms. The van der Waals surface area contributed by atoms with E-state index in [4.69, 9.17) is 4.42 Å². The summed E-state index contributed by atoms with van der Waals surface area (Å²) in [5, 5.41) is 8.94. The Balaban J connectivity index is 1.79. The summed E-state index contributed by atoms with van der Waals surface area (Å²) in [5.74, 6) is 0.688. The fraction of sp³-hybridized carbons (Fsp3) is 0.385. The molecule has 0 radical (unpaired) electrons. The molecule has 2 aromatic heterocycles. The number of nitrogens with one attached hydrogen (secondary N) is 2. The number of hydrogen-bond acceptors (Lipinski definition) is 5. The molecular weight excluding hydrogens is 262 g/mol. The highest BCUT2D eigenvalue weighted by molar-refractivity contribution is 7.09. The molecule has 0 aliphatic carbocycles. The molecule has 0 fully saturated rings. The van der Waals surface area contributed by atoms with E-state index < -0.39 is 0 Å². The van der Waals surface area contributed by atoms with E-state index in [2.05, 4.69) is 15.6 Å². The lowest BCUT2D eigenvalue weighted by atomic mass is 10.2. The van der Waals surface area contributed by atoms with Crippen LogP contribution in [0.25, 0.3) is 0 Å². The van der Waals surface area contributed by atoms with Crippen molar-refractivity contribution in [3.8, 4) is 0 Å². The monoisotopic (exact) mass is 279 g/mol. The van der Waals surface area contributed by atoms with Gasteiger partial charge in [0.15, 0.2) is 0 Å². The van der Waals surface area contributed by atoms with Crippen LogP contribution in [0.3, 0.4) is 0 Å². The van der Waals surface area contributed by atoms with Gasteiger partial charge in [-0.25, -0.2) is 4.98 Å². The first-order valence-corrected chi connectivity index (χ1v) is 7.00. The van der Waals surface area contributed by atoms with Gasteiger partial charge in [0.2, 0.25) is 5.91 Å². The van der Waals surface area contributed by atoms with Gasteiger partial charge in [0.1, 0.15) is 10.8 Å². The zero-order chi connectivity index (χ0) is 13.7. The van der Waals surface area contributed by atoms with Gasteiger partial charge in [0.05, 0.1) is 24.9 Å². The predicted octanol–water partition coefficient (Wildman–Crippen LogP) is 2.09. The van der Waals surface area contributed by atoms with Gasteiger partial charge in [-0.3, -0.25) is 10.1 Å². The molecule has 2 atom stereocenters. The van der Waals surface area contributed by atoms with E-state index in [1.807, 2.05) is 25.3 Å². The minimum Gasteiger partial charge on any atom is -0.467 e. The van der Waals surface area contributed by atoms with Crippen molar-refractivity contribution in [3.63, 3.8) is 0 Å². The summed E-state index contributed by atoms with van der Waals surface area (Å²) in [4.78, 5) is 16.1. The smallest absolute Gasteiger partial charge is 0.237 e. The Morgan fingerprint density at radius 2 is 2.37 bits per heavy atom. The van der Waals surface area contributed by atoms with Gasteiger partial charge in [-0.1, -0.05) is 0 Å². The number of thiazole rings is 1. The van der Waals surface area contributed by atoms with Gasteiger partial charge in [0.25, 0.3) is 0 Å². The molecule has 1 amide bonds. The van der Waals surface area contributed by atoms with Crippen LogP contribution in [0, 0.1) is 0 Å². The lowest BCUT2D eigenvalue weighted by Crippen LogP contribution is -2.42. The molecule has 0 saturated carbocycles. The van der Waals surface area contributed by atoms with Crippen LogP contribution in [0.5, 0.6) is 0 Å². The van der Waals surface area contributed by atoms with Crippen LogP contribution in [0.2, 0.25) is 0 Å². The molecule has 2 N–H and O–H groups in total. The average molecular weight is 279 g/mol. The summed E-state index contributed by atoms with van der Waals surface area (Å²) >= 11 is 1.58. The Labute approximate surface area is 116 Å². The normalized spacial score (nSPS) is 14.0. The van der Waals surface area contributed by atoms with Gasteiger partial charge >= 0.3 is 0 Å². The van der Waals surface area contributed by atoms with E-state index in [-0.39, 0.29) is 18.0 Å². The van der Waals surface area contributed by atoms with Gasteiger partial charge < -0.3 is 9.73 Å². The van der Waals surface area contributed by atoms with Gasteiger partial charge in [-0.15, -0.1) is 11.3 Å². The maximum absolute atomic E-state index is 11.9. The first kappa shape index (κ1) is 13.8. The molecule has 2 rings (SSSR count). The van der Waals surface area contributed by atoms with Crippen molar-refractivity contribution in [1.29, 1.82) is 0 Å². The first-order valence-electron chi connectivity index (χ1n) is 6.12. The van der Waals surface area contributed by atoms with Crippen LogP contribution in [0.4, 0.5) is 0 Å². The third kappa shape index (κ3) is 3.90. The average Bonchev–Trinajstić information content (AvgIpc) is 3.08. The quantitative estimate of drug-likeness (QED) is 0.849. The molecule has 2 aromatic rings. The second-order valence-electron chi connectivity index (χ2n) is 4.28. The standard InChI is InChI=1S/C13H17N3O2S/c1-9(16-10(2)13-14-5-7-19-13)12(17)15-8-11-4-3-6-18-11/h3-7,9-10,16H,8H2,1-2H3,(H,15,17). The van der Waals surface area contributed by atoms with Crippen molar-refractivity contribution in [1.82, 2.24) is 15.6 Å². The highest BCUT2D eigenvalue weighted by Crippen LogP contribution is 2.15. The van der Waals surface area contributed by atoms with E-state index in [9.17, 15) is 4.79 Å². The number of rotatable bonds is 6. The number of carbonyl (C=O) groups is 1. The van der Waals surface area contributed by atoms with Crippen molar-refractivity contribution in [3.05, 3.63) is 40.7 Å².